The molecule has 4 heterocycles. The molecule has 0 unspecified atom stereocenters. The molecule has 2 fully saturated rings. The van der Waals surface area contributed by atoms with Crippen molar-refractivity contribution in [2.75, 3.05) is 39.3 Å². The number of benzene rings is 2. The van der Waals surface area contributed by atoms with Crippen LogP contribution in [-0.4, -0.2) is 81.2 Å². The summed E-state index contributed by atoms with van der Waals surface area (Å²) in [7, 11) is 0. The summed E-state index contributed by atoms with van der Waals surface area (Å²) in [5.41, 5.74) is 3.43. The van der Waals surface area contributed by atoms with Gasteiger partial charge in [-0.2, -0.15) is 13.2 Å². The lowest BCUT2D eigenvalue weighted by atomic mass is 9.89. The summed E-state index contributed by atoms with van der Waals surface area (Å²) in [4.78, 5) is 31.2. The number of aromatic nitrogens is 3. The Morgan fingerprint density at radius 2 is 1.54 bits per heavy atom. The van der Waals surface area contributed by atoms with Gasteiger partial charge in [0, 0.05) is 39.3 Å². The van der Waals surface area contributed by atoms with Crippen LogP contribution in [0.5, 0.6) is 5.75 Å². The standard InChI is InChI=1S/C32H32F6N6O2/c33-31(34,35)24-4-1-21(2-5-24)19-43-13-15-44(16-14-43)30(45)29-40-27-8-3-23(17-28(27)41-29)22-9-11-42(12-10-22)20-25-6-7-26(18-39-25)46-32(36,37)38/h1-8,17-18,22H,9-16,19-20H2,(H,40,41). The number of rotatable bonds is 7. The predicted molar refractivity (Wildman–Crippen MR) is 157 cm³/mol. The van der Waals surface area contributed by atoms with Crippen LogP contribution in [0.3, 0.4) is 0 Å². The molecule has 1 N–H and O–H groups in total. The maximum absolute atomic E-state index is 13.3. The molecule has 244 valence electrons. The van der Waals surface area contributed by atoms with Crippen molar-refractivity contribution in [2.45, 2.75) is 44.4 Å². The number of piperazine rings is 1. The van der Waals surface area contributed by atoms with Gasteiger partial charge in [-0.3, -0.25) is 19.6 Å². The number of carbonyl (C=O) groups excluding carboxylic acids is 1. The van der Waals surface area contributed by atoms with Crippen LogP contribution in [0, 0.1) is 0 Å². The van der Waals surface area contributed by atoms with Gasteiger partial charge in [0.05, 0.1) is 28.5 Å². The lowest BCUT2D eigenvalue weighted by molar-refractivity contribution is -0.274. The number of ether oxygens (including phenoxy) is 1. The molecule has 0 atom stereocenters. The summed E-state index contributed by atoms with van der Waals surface area (Å²) in [5.74, 6) is 0.0620. The first-order valence-corrected chi connectivity index (χ1v) is 15.0. The van der Waals surface area contributed by atoms with E-state index < -0.39 is 18.1 Å². The highest BCUT2D eigenvalue weighted by atomic mass is 19.4. The van der Waals surface area contributed by atoms with E-state index in [-0.39, 0.29) is 17.5 Å². The first-order chi connectivity index (χ1) is 21.9. The molecule has 1 amide bonds. The third kappa shape index (κ3) is 7.79. The average molecular weight is 647 g/mol. The number of aromatic amines is 1. The number of alkyl halides is 6. The van der Waals surface area contributed by atoms with Gasteiger partial charge in [0.25, 0.3) is 5.91 Å². The van der Waals surface area contributed by atoms with Gasteiger partial charge in [-0.05, 0) is 79.4 Å². The van der Waals surface area contributed by atoms with Crippen molar-refractivity contribution in [3.8, 4) is 5.75 Å². The van der Waals surface area contributed by atoms with Crippen LogP contribution in [0.1, 0.15) is 51.8 Å². The van der Waals surface area contributed by atoms with Crippen LogP contribution in [0.25, 0.3) is 11.0 Å². The Morgan fingerprint density at radius 3 is 2.17 bits per heavy atom. The van der Waals surface area contributed by atoms with Crippen LogP contribution in [0.15, 0.2) is 60.8 Å². The molecular formula is C32H32F6N6O2. The fourth-order valence-electron chi connectivity index (χ4n) is 6.05. The van der Waals surface area contributed by atoms with Crippen LogP contribution >= 0.6 is 0 Å². The number of nitrogens with zero attached hydrogens (tertiary/aromatic N) is 5. The molecule has 2 aromatic carbocycles. The second kappa shape index (κ2) is 12.9. The number of hydrogen-bond acceptors (Lipinski definition) is 6. The number of imidazole rings is 1. The van der Waals surface area contributed by atoms with Crippen molar-refractivity contribution in [3.05, 3.63) is 89.0 Å². The van der Waals surface area contributed by atoms with E-state index in [0.717, 1.165) is 60.9 Å². The number of pyridine rings is 1. The molecule has 0 radical (unpaired) electrons. The summed E-state index contributed by atoms with van der Waals surface area (Å²) in [5, 5.41) is 0. The van der Waals surface area contributed by atoms with E-state index in [1.165, 1.54) is 18.2 Å². The van der Waals surface area contributed by atoms with E-state index in [1.807, 2.05) is 18.2 Å². The van der Waals surface area contributed by atoms with Crippen molar-refractivity contribution in [1.29, 1.82) is 0 Å². The molecule has 2 saturated heterocycles. The highest BCUT2D eigenvalue weighted by Crippen LogP contribution is 2.31. The zero-order valence-electron chi connectivity index (χ0n) is 24.7. The highest BCUT2D eigenvalue weighted by Gasteiger charge is 2.32. The SMILES string of the molecule is O=C(c1nc2ccc(C3CCN(Cc4ccc(OC(F)(F)F)cn4)CC3)cc2[nH]1)N1CCN(Cc2ccc(C(F)(F)F)cc2)CC1. The quantitative estimate of drug-likeness (QED) is 0.241. The van der Waals surface area contributed by atoms with Gasteiger partial charge >= 0.3 is 12.5 Å². The van der Waals surface area contributed by atoms with E-state index in [4.69, 9.17) is 0 Å². The number of nitrogens with one attached hydrogen (secondary N) is 1. The van der Waals surface area contributed by atoms with Crippen LogP contribution in [0.4, 0.5) is 26.3 Å². The van der Waals surface area contributed by atoms with Gasteiger partial charge < -0.3 is 14.6 Å². The molecule has 14 heteroatoms. The number of piperidine rings is 1. The Bertz CT molecular complexity index is 1640. The van der Waals surface area contributed by atoms with Gasteiger partial charge in [0.1, 0.15) is 5.75 Å². The van der Waals surface area contributed by atoms with Crippen molar-refractivity contribution in [2.24, 2.45) is 0 Å². The minimum atomic E-state index is -4.75. The largest absolute Gasteiger partial charge is 0.573 e. The molecule has 2 aliphatic rings. The molecule has 2 aliphatic heterocycles. The molecule has 0 aliphatic carbocycles. The highest BCUT2D eigenvalue weighted by molar-refractivity contribution is 5.94. The molecule has 0 bridgehead atoms. The Kier molecular flexibility index (Phi) is 8.92. The maximum atomic E-state index is 13.3. The molecule has 4 aromatic rings. The number of amides is 1. The second-order valence-electron chi connectivity index (χ2n) is 11.7. The summed E-state index contributed by atoms with van der Waals surface area (Å²) in [6.07, 6.45) is -6.22. The van der Waals surface area contributed by atoms with E-state index in [9.17, 15) is 31.1 Å². The lowest BCUT2D eigenvalue weighted by Gasteiger charge is -2.34. The second-order valence-corrected chi connectivity index (χ2v) is 11.7. The van der Waals surface area contributed by atoms with Gasteiger partial charge in [0.2, 0.25) is 0 Å². The van der Waals surface area contributed by atoms with E-state index in [0.29, 0.717) is 56.4 Å². The molecule has 8 nitrogen and oxygen atoms in total. The first kappa shape index (κ1) is 31.8. The van der Waals surface area contributed by atoms with Gasteiger partial charge in [-0.1, -0.05) is 18.2 Å². The maximum Gasteiger partial charge on any atom is 0.573 e. The van der Waals surface area contributed by atoms with E-state index in [2.05, 4.69) is 29.5 Å². The van der Waals surface area contributed by atoms with Crippen molar-refractivity contribution >= 4 is 16.9 Å². The summed E-state index contributed by atoms with van der Waals surface area (Å²) in [6, 6.07) is 14.0. The lowest BCUT2D eigenvalue weighted by Crippen LogP contribution is -2.48. The predicted octanol–water partition coefficient (Wildman–Crippen LogP) is 6.21. The fourth-order valence-corrected chi connectivity index (χ4v) is 6.05. The summed E-state index contributed by atoms with van der Waals surface area (Å²) >= 11 is 0. The Hall–Kier alpha value is -4.17. The number of halogens is 6. The Labute approximate surface area is 261 Å². The molecule has 0 saturated carbocycles. The van der Waals surface area contributed by atoms with E-state index in [1.54, 1.807) is 11.0 Å². The van der Waals surface area contributed by atoms with E-state index >= 15 is 0 Å². The third-order valence-electron chi connectivity index (χ3n) is 8.53. The number of fused-ring (bicyclic) bond motifs is 1. The van der Waals surface area contributed by atoms with Crippen LogP contribution < -0.4 is 4.74 Å². The zero-order valence-corrected chi connectivity index (χ0v) is 24.7. The monoisotopic (exact) mass is 646 g/mol. The minimum Gasteiger partial charge on any atom is -0.404 e. The average Bonchev–Trinajstić information content (AvgIpc) is 3.45. The molecule has 6 rings (SSSR count). The normalized spacial score (nSPS) is 17.5. The van der Waals surface area contributed by atoms with Crippen LogP contribution in [0.2, 0.25) is 0 Å². The summed E-state index contributed by atoms with van der Waals surface area (Å²) < 4.78 is 79.6. The number of likely N-dealkylation sites (tertiary alicyclic amines) is 1. The number of hydrogen-bond donors (Lipinski definition) is 1. The van der Waals surface area contributed by atoms with Gasteiger partial charge in [-0.25, -0.2) is 4.98 Å². The molecule has 2 aromatic heterocycles. The molecule has 46 heavy (non-hydrogen) atoms. The third-order valence-corrected chi connectivity index (χ3v) is 8.53. The number of carbonyl (C=O) groups is 1. The number of H-pyrrole nitrogens is 1. The Balaban J connectivity index is 0.994. The van der Waals surface area contributed by atoms with Gasteiger partial charge in [0.15, 0.2) is 5.82 Å². The minimum absolute atomic E-state index is 0.188. The van der Waals surface area contributed by atoms with Gasteiger partial charge in [-0.15, -0.1) is 13.2 Å². The van der Waals surface area contributed by atoms with Crippen molar-refractivity contribution in [3.63, 3.8) is 0 Å². The first-order valence-electron chi connectivity index (χ1n) is 15.0. The molecular weight excluding hydrogens is 614 g/mol. The summed E-state index contributed by atoms with van der Waals surface area (Å²) in [6.45, 7) is 4.84. The topological polar surface area (TPSA) is 77.6 Å². The smallest absolute Gasteiger partial charge is 0.404 e. The van der Waals surface area contributed by atoms with Crippen molar-refractivity contribution < 1.29 is 35.9 Å². The fraction of sp³-hybridized carbons (Fsp3) is 0.406. The molecule has 0 spiro atoms. The zero-order chi connectivity index (χ0) is 32.5. The Morgan fingerprint density at radius 1 is 0.848 bits per heavy atom. The van der Waals surface area contributed by atoms with Crippen LogP contribution in [-0.2, 0) is 19.3 Å². The van der Waals surface area contributed by atoms with Crippen molar-refractivity contribution in [1.82, 2.24) is 29.7 Å².